The zero-order valence-electron chi connectivity index (χ0n) is 12.6. The van der Waals surface area contributed by atoms with E-state index in [0.29, 0.717) is 17.9 Å². The van der Waals surface area contributed by atoms with Gasteiger partial charge in [0.25, 0.3) is 0 Å². The maximum absolute atomic E-state index is 5.46. The standard InChI is InChI=1S/C15H20N4O2S/c1-20-14-4-5-16-15(18-14)17-11-12(13-3-2-10-22-13)19-6-8-21-9-7-19/h2-5,10,12H,6-9,11H2,1H3,(H,16,17,18)/t12-/m0/s1. The smallest absolute Gasteiger partial charge is 0.226 e. The highest BCUT2D eigenvalue weighted by Gasteiger charge is 2.23. The summed E-state index contributed by atoms with van der Waals surface area (Å²) in [5.74, 6) is 1.16. The fourth-order valence-corrected chi connectivity index (χ4v) is 3.37. The lowest BCUT2D eigenvalue weighted by Crippen LogP contribution is -2.41. The summed E-state index contributed by atoms with van der Waals surface area (Å²) in [4.78, 5) is 12.3. The van der Waals surface area contributed by atoms with Gasteiger partial charge < -0.3 is 14.8 Å². The largest absolute Gasteiger partial charge is 0.481 e. The number of nitrogens with one attached hydrogen (secondary N) is 1. The van der Waals surface area contributed by atoms with Gasteiger partial charge in [0.15, 0.2) is 0 Å². The Bertz CT molecular complexity index is 573. The number of nitrogens with zero attached hydrogens (tertiary/aromatic N) is 3. The van der Waals surface area contributed by atoms with E-state index in [-0.39, 0.29) is 0 Å². The average Bonchev–Trinajstić information content (AvgIpc) is 3.10. The molecule has 1 saturated heterocycles. The van der Waals surface area contributed by atoms with Crippen LogP contribution < -0.4 is 10.1 Å². The maximum Gasteiger partial charge on any atom is 0.226 e. The molecule has 0 spiro atoms. The Morgan fingerprint density at radius 1 is 1.41 bits per heavy atom. The van der Waals surface area contributed by atoms with E-state index < -0.39 is 0 Å². The highest BCUT2D eigenvalue weighted by Crippen LogP contribution is 2.26. The number of thiophene rings is 1. The minimum atomic E-state index is 0.304. The zero-order valence-corrected chi connectivity index (χ0v) is 13.4. The normalized spacial score (nSPS) is 17.1. The van der Waals surface area contributed by atoms with E-state index in [2.05, 4.69) is 37.7 Å². The van der Waals surface area contributed by atoms with E-state index in [0.717, 1.165) is 32.8 Å². The van der Waals surface area contributed by atoms with Crippen LogP contribution in [-0.2, 0) is 4.74 Å². The molecule has 0 radical (unpaired) electrons. The van der Waals surface area contributed by atoms with Crippen molar-refractivity contribution in [3.63, 3.8) is 0 Å². The van der Waals surface area contributed by atoms with Crippen LogP contribution in [0.1, 0.15) is 10.9 Å². The summed E-state index contributed by atoms with van der Waals surface area (Å²) in [7, 11) is 1.61. The quantitative estimate of drug-likeness (QED) is 0.879. The average molecular weight is 320 g/mol. The first kappa shape index (κ1) is 15.2. The van der Waals surface area contributed by atoms with Gasteiger partial charge in [0.2, 0.25) is 11.8 Å². The number of morpholine rings is 1. The molecular formula is C15H20N4O2S. The van der Waals surface area contributed by atoms with E-state index >= 15 is 0 Å². The molecule has 2 aromatic heterocycles. The summed E-state index contributed by atoms with van der Waals surface area (Å²) < 4.78 is 10.6. The molecule has 1 aliphatic rings. The Kier molecular flexibility index (Phi) is 5.20. The molecule has 1 atom stereocenters. The first-order valence-corrected chi connectivity index (χ1v) is 8.21. The van der Waals surface area contributed by atoms with Gasteiger partial charge in [0.1, 0.15) is 0 Å². The molecule has 0 aromatic carbocycles. The second kappa shape index (κ2) is 7.53. The molecule has 0 unspecified atom stereocenters. The predicted molar refractivity (Wildman–Crippen MR) is 86.5 cm³/mol. The van der Waals surface area contributed by atoms with Crippen LogP contribution in [0, 0.1) is 0 Å². The molecule has 2 aromatic rings. The van der Waals surface area contributed by atoms with Crippen LogP contribution in [0.15, 0.2) is 29.8 Å². The van der Waals surface area contributed by atoms with Gasteiger partial charge in [0.05, 0.1) is 26.4 Å². The lowest BCUT2D eigenvalue weighted by atomic mass is 10.2. The summed E-state index contributed by atoms with van der Waals surface area (Å²) in [6.07, 6.45) is 1.70. The first-order chi connectivity index (χ1) is 10.9. The van der Waals surface area contributed by atoms with Gasteiger partial charge in [0, 0.05) is 36.8 Å². The molecule has 0 bridgehead atoms. The van der Waals surface area contributed by atoms with Crippen LogP contribution in [0.25, 0.3) is 0 Å². The number of anilines is 1. The van der Waals surface area contributed by atoms with Crippen molar-refractivity contribution < 1.29 is 9.47 Å². The summed E-state index contributed by atoms with van der Waals surface area (Å²) in [5.41, 5.74) is 0. The second-order valence-electron chi connectivity index (χ2n) is 4.98. The van der Waals surface area contributed by atoms with E-state index in [4.69, 9.17) is 9.47 Å². The van der Waals surface area contributed by atoms with E-state index in [1.807, 2.05) is 0 Å². The molecule has 1 N–H and O–H groups in total. The number of hydrogen-bond acceptors (Lipinski definition) is 7. The third-order valence-corrected chi connectivity index (χ3v) is 4.62. The molecular weight excluding hydrogens is 300 g/mol. The third kappa shape index (κ3) is 3.73. The SMILES string of the molecule is COc1ccnc(NC[C@@H](c2cccs2)N2CCOCC2)n1. The molecule has 0 saturated carbocycles. The number of aromatic nitrogens is 2. The Morgan fingerprint density at radius 2 is 2.27 bits per heavy atom. The van der Waals surface area contributed by atoms with Gasteiger partial charge in [-0.15, -0.1) is 11.3 Å². The number of ether oxygens (including phenoxy) is 2. The fraction of sp³-hybridized carbons (Fsp3) is 0.467. The summed E-state index contributed by atoms with van der Waals surface area (Å²) in [5, 5.41) is 5.44. The lowest BCUT2D eigenvalue weighted by molar-refractivity contribution is 0.0193. The number of methoxy groups -OCH3 is 1. The summed E-state index contributed by atoms with van der Waals surface area (Å²) in [6, 6.07) is 6.32. The molecule has 1 aliphatic heterocycles. The highest BCUT2D eigenvalue weighted by atomic mass is 32.1. The van der Waals surface area contributed by atoms with Crippen molar-refractivity contribution >= 4 is 17.3 Å². The van der Waals surface area contributed by atoms with Crippen LogP contribution in [0.3, 0.4) is 0 Å². The van der Waals surface area contributed by atoms with Gasteiger partial charge >= 0.3 is 0 Å². The van der Waals surface area contributed by atoms with Crippen LogP contribution in [-0.4, -0.2) is 54.8 Å². The molecule has 0 amide bonds. The molecule has 22 heavy (non-hydrogen) atoms. The van der Waals surface area contributed by atoms with Gasteiger partial charge in [-0.05, 0) is 11.4 Å². The lowest BCUT2D eigenvalue weighted by Gasteiger charge is -2.34. The monoisotopic (exact) mass is 320 g/mol. The topological polar surface area (TPSA) is 59.5 Å². The Labute approximate surface area is 134 Å². The van der Waals surface area contributed by atoms with E-state index in [9.17, 15) is 0 Å². The number of rotatable bonds is 6. The molecule has 7 heteroatoms. The van der Waals surface area contributed by atoms with Crippen LogP contribution >= 0.6 is 11.3 Å². The third-order valence-electron chi connectivity index (χ3n) is 3.65. The van der Waals surface area contributed by atoms with Crippen molar-refractivity contribution in [2.75, 3.05) is 45.3 Å². The summed E-state index contributed by atoms with van der Waals surface area (Å²) in [6.45, 7) is 4.23. The van der Waals surface area contributed by atoms with Crippen LogP contribution in [0.4, 0.5) is 5.95 Å². The minimum Gasteiger partial charge on any atom is -0.481 e. The molecule has 1 fully saturated rings. The summed E-state index contributed by atoms with van der Waals surface area (Å²) >= 11 is 1.78. The predicted octanol–water partition coefficient (Wildman–Crippen LogP) is 2.03. The van der Waals surface area contributed by atoms with Crippen molar-refractivity contribution in [3.05, 3.63) is 34.7 Å². The second-order valence-corrected chi connectivity index (χ2v) is 5.96. The molecule has 0 aliphatic carbocycles. The number of hydrogen-bond donors (Lipinski definition) is 1. The van der Waals surface area contributed by atoms with Gasteiger partial charge in [-0.1, -0.05) is 6.07 Å². The van der Waals surface area contributed by atoms with Crippen LogP contribution in [0.2, 0.25) is 0 Å². The van der Waals surface area contributed by atoms with Crippen molar-refractivity contribution in [1.82, 2.24) is 14.9 Å². The Morgan fingerprint density at radius 3 is 3.00 bits per heavy atom. The molecule has 3 heterocycles. The molecule has 3 rings (SSSR count). The molecule has 118 valence electrons. The van der Waals surface area contributed by atoms with Gasteiger partial charge in [-0.2, -0.15) is 4.98 Å². The minimum absolute atomic E-state index is 0.304. The Hall–Kier alpha value is -1.70. The van der Waals surface area contributed by atoms with Gasteiger partial charge in [-0.25, -0.2) is 4.98 Å². The van der Waals surface area contributed by atoms with E-state index in [1.165, 1.54) is 4.88 Å². The zero-order chi connectivity index (χ0) is 15.2. The van der Waals surface area contributed by atoms with E-state index in [1.54, 1.807) is 30.7 Å². The van der Waals surface area contributed by atoms with Gasteiger partial charge in [-0.3, -0.25) is 4.90 Å². The van der Waals surface area contributed by atoms with Crippen molar-refractivity contribution in [3.8, 4) is 5.88 Å². The van der Waals surface area contributed by atoms with Crippen molar-refractivity contribution in [1.29, 1.82) is 0 Å². The fourth-order valence-electron chi connectivity index (χ4n) is 2.51. The highest BCUT2D eigenvalue weighted by molar-refractivity contribution is 7.10. The maximum atomic E-state index is 5.46. The van der Waals surface area contributed by atoms with Crippen LogP contribution in [0.5, 0.6) is 5.88 Å². The van der Waals surface area contributed by atoms with Crippen molar-refractivity contribution in [2.45, 2.75) is 6.04 Å². The Balaban J connectivity index is 1.69. The van der Waals surface area contributed by atoms with Crippen molar-refractivity contribution in [2.24, 2.45) is 0 Å². The molecule has 6 nitrogen and oxygen atoms in total. The first-order valence-electron chi connectivity index (χ1n) is 7.33.